The number of nitrogens with two attached hydrogens (primary N) is 1. The zero-order chi connectivity index (χ0) is 15.7. The number of hydrogen-bond donors (Lipinski definition) is 2. The van der Waals surface area contributed by atoms with E-state index in [1.807, 2.05) is 0 Å². The Labute approximate surface area is 108 Å². The van der Waals surface area contributed by atoms with Gasteiger partial charge in [-0.3, -0.25) is 4.55 Å². The molecule has 0 aromatic rings. The second kappa shape index (κ2) is 8.43. The Hall–Kier alpha value is -0.740. The Balaban J connectivity index is 0. The van der Waals surface area contributed by atoms with Crippen molar-refractivity contribution in [3.8, 4) is 0 Å². The second-order valence-corrected chi connectivity index (χ2v) is 5.01. The van der Waals surface area contributed by atoms with Crippen LogP contribution in [0, 0.1) is 0 Å². The van der Waals surface area contributed by atoms with Gasteiger partial charge in [-0.1, -0.05) is 6.08 Å². The van der Waals surface area contributed by atoms with E-state index in [4.69, 9.17) is 10.3 Å². The fourth-order valence-electron chi connectivity index (χ4n) is 0.785. The van der Waals surface area contributed by atoms with Crippen LogP contribution in [0.25, 0.3) is 0 Å². The van der Waals surface area contributed by atoms with Crippen molar-refractivity contribution in [2.75, 3.05) is 6.54 Å². The van der Waals surface area contributed by atoms with Crippen LogP contribution in [0.3, 0.4) is 0 Å². The van der Waals surface area contributed by atoms with E-state index in [9.17, 15) is 30.4 Å². The average Bonchev–Trinajstić information content (AvgIpc) is 2.22. The zero-order valence-corrected chi connectivity index (χ0v) is 10.8. The van der Waals surface area contributed by atoms with E-state index in [0.29, 0.717) is 6.54 Å². The Kier molecular flexibility index (Phi) is 9.13. The molecule has 0 atom stereocenters. The van der Waals surface area contributed by atoms with Crippen LogP contribution in [-0.4, -0.2) is 30.9 Å². The molecule has 0 heterocycles. The minimum atomic E-state index is -5.53. The van der Waals surface area contributed by atoms with Crippen molar-refractivity contribution in [3.05, 3.63) is 12.7 Å². The maximum Gasteiger partial charge on any atom is 0.389 e. The van der Waals surface area contributed by atoms with Crippen molar-refractivity contribution in [1.29, 1.82) is 0 Å². The van der Waals surface area contributed by atoms with Gasteiger partial charge in [-0.05, 0) is 12.8 Å². The monoisotopic (exact) mass is 313 g/mol. The Bertz CT molecular complexity index is 353. The maximum atomic E-state index is 12.4. The molecule has 0 aliphatic heterocycles. The third kappa shape index (κ3) is 12.1. The number of hydrogen-bond acceptors (Lipinski definition) is 3. The first kappa shape index (κ1) is 20.6. The molecule has 19 heavy (non-hydrogen) atoms. The molecule has 0 aliphatic carbocycles. The fraction of sp³-hybridized carbons (Fsp3) is 0.778. The van der Waals surface area contributed by atoms with Crippen LogP contribution in [0.2, 0.25) is 0 Å². The Morgan fingerprint density at radius 2 is 1.47 bits per heavy atom. The smallest absolute Gasteiger partial charge is 0.327 e. The molecule has 0 aromatic carbocycles. The van der Waals surface area contributed by atoms with Gasteiger partial charge in [0.25, 0.3) is 0 Å². The summed E-state index contributed by atoms with van der Waals surface area (Å²) in [5.74, 6) is 0. The lowest BCUT2D eigenvalue weighted by molar-refractivity contribution is -0.136. The molecule has 0 saturated heterocycles. The van der Waals surface area contributed by atoms with E-state index in [-0.39, 0.29) is 0 Å². The van der Waals surface area contributed by atoms with Crippen LogP contribution in [0.1, 0.15) is 25.7 Å². The minimum absolute atomic E-state index is 0.583. The molecule has 0 aromatic heterocycles. The number of halogens is 5. The number of unbranched alkanes of at least 4 members (excludes halogenated alkanes) is 1. The fourth-order valence-corrected chi connectivity index (χ4v) is 1.19. The highest BCUT2D eigenvalue weighted by atomic mass is 32.2. The maximum absolute atomic E-state index is 12.4. The first-order valence-electron chi connectivity index (χ1n) is 5.10. The van der Waals surface area contributed by atoms with Gasteiger partial charge in [-0.15, -0.1) is 6.58 Å². The molecule has 0 saturated carbocycles. The molecule has 0 aliphatic rings. The van der Waals surface area contributed by atoms with E-state index in [2.05, 4.69) is 6.58 Å². The summed E-state index contributed by atoms with van der Waals surface area (Å²) < 4.78 is 87.6. The second-order valence-electron chi connectivity index (χ2n) is 3.46. The van der Waals surface area contributed by atoms with Crippen molar-refractivity contribution in [2.24, 2.45) is 5.73 Å². The van der Waals surface area contributed by atoms with Crippen LogP contribution in [0.15, 0.2) is 12.7 Å². The lowest BCUT2D eigenvalue weighted by Crippen LogP contribution is -2.28. The molecule has 116 valence electrons. The third-order valence-corrected chi connectivity index (χ3v) is 2.68. The first-order chi connectivity index (χ1) is 8.37. The molecule has 0 fully saturated rings. The van der Waals surface area contributed by atoms with E-state index in [0.717, 1.165) is 0 Å². The molecule has 0 radical (unpaired) electrons. The van der Waals surface area contributed by atoms with Gasteiger partial charge >= 0.3 is 21.5 Å². The third-order valence-electron chi connectivity index (χ3n) is 1.72. The highest BCUT2D eigenvalue weighted by Gasteiger charge is 2.43. The summed E-state index contributed by atoms with van der Waals surface area (Å²) in [7, 11) is -5.53. The molecule has 0 rings (SSSR count). The van der Waals surface area contributed by atoms with Gasteiger partial charge in [0.2, 0.25) is 0 Å². The number of rotatable bonds is 6. The van der Waals surface area contributed by atoms with Crippen LogP contribution >= 0.6 is 0 Å². The standard InChI is InChI=1S/C6H9F5O3S.C3H7N/c7-5(8,9)3-1-2-4-6(10,11)15(12,13)14;1-2-3-4/h1-4H2,(H,12,13,14);2H,1,3-4H2. The lowest BCUT2D eigenvalue weighted by atomic mass is 10.2. The van der Waals surface area contributed by atoms with Crippen LogP contribution in [0.5, 0.6) is 0 Å². The van der Waals surface area contributed by atoms with Crippen molar-refractivity contribution >= 4 is 10.1 Å². The predicted octanol–water partition coefficient (Wildman–Crippen LogP) is 2.72. The van der Waals surface area contributed by atoms with Gasteiger partial charge in [0.1, 0.15) is 0 Å². The molecule has 0 bridgehead atoms. The molecule has 4 nitrogen and oxygen atoms in total. The molecular weight excluding hydrogens is 297 g/mol. The largest absolute Gasteiger partial charge is 0.389 e. The Morgan fingerprint density at radius 1 is 1.11 bits per heavy atom. The summed E-state index contributed by atoms with van der Waals surface area (Å²) in [6, 6.07) is 0. The number of alkyl halides is 5. The normalized spacial score (nSPS) is 12.6. The lowest BCUT2D eigenvalue weighted by Gasteiger charge is -2.12. The van der Waals surface area contributed by atoms with E-state index in [1.54, 1.807) is 6.08 Å². The van der Waals surface area contributed by atoms with Gasteiger partial charge in [0.15, 0.2) is 0 Å². The van der Waals surface area contributed by atoms with Gasteiger partial charge in [0, 0.05) is 19.4 Å². The van der Waals surface area contributed by atoms with Crippen LogP contribution in [-0.2, 0) is 10.1 Å². The van der Waals surface area contributed by atoms with E-state index < -0.39 is 47.2 Å². The minimum Gasteiger partial charge on any atom is -0.327 e. The van der Waals surface area contributed by atoms with Crippen molar-refractivity contribution in [3.63, 3.8) is 0 Å². The molecule has 3 N–H and O–H groups in total. The summed E-state index contributed by atoms with van der Waals surface area (Å²) in [6.45, 7) is 3.94. The van der Waals surface area contributed by atoms with Gasteiger partial charge < -0.3 is 5.73 Å². The quantitative estimate of drug-likeness (QED) is 0.342. The SMILES string of the molecule is C=CCN.O=S(=O)(O)C(F)(F)CCCCC(F)(F)F. The van der Waals surface area contributed by atoms with Crippen molar-refractivity contribution < 1.29 is 34.9 Å². The highest BCUT2D eigenvalue weighted by molar-refractivity contribution is 7.86. The average molecular weight is 313 g/mol. The van der Waals surface area contributed by atoms with E-state index >= 15 is 0 Å². The summed E-state index contributed by atoms with van der Waals surface area (Å²) in [5.41, 5.74) is 4.91. The van der Waals surface area contributed by atoms with E-state index in [1.165, 1.54) is 0 Å². The summed E-state index contributed by atoms with van der Waals surface area (Å²) in [6.07, 6.45) is -6.61. The molecule has 0 spiro atoms. The van der Waals surface area contributed by atoms with Gasteiger partial charge in [-0.2, -0.15) is 30.4 Å². The van der Waals surface area contributed by atoms with Gasteiger partial charge in [-0.25, -0.2) is 0 Å². The summed E-state index contributed by atoms with van der Waals surface area (Å²) >= 11 is 0. The Morgan fingerprint density at radius 3 is 1.74 bits per heavy atom. The van der Waals surface area contributed by atoms with Crippen molar-refractivity contribution in [2.45, 2.75) is 37.1 Å². The molecular formula is C9H16F5NO3S. The molecule has 0 unspecified atom stereocenters. The van der Waals surface area contributed by atoms with Gasteiger partial charge in [0.05, 0.1) is 0 Å². The topological polar surface area (TPSA) is 80.4 Å². The first-order valence-corrected chi connectivity index (χ1v) is 6.54. The van der Waals surface area contributed by atoms with Crippen LogP contribution in [0.4, 0.5) is 22.0 Å². The predicted molar refractivity (Wildman–Crippen MR) is 60.3 cm³/mol. The molecule has 10 heteroatoms. The summed E-state index contributed by atoms with van der Waals surface area (Å²) in [4.78, 5) is 0. The summed E-state index contributed by atoms with van der Waals surface area (Å²) in [5, 5.41) is -4.38. The zero-order valence-electron chi connectivity index (χ0n) is 9.96. The highest BCUT2D eigenvalue weighted by Crippen LogP contribution is 2.29. The van der Waals surface area contributed by atoms with Crippen LogP contribution < -0.4 is 5.73 Å². The molecule has 0 amide bonds. The van der Waals surface area contributed by atoms with Crippen molar-refractivity contribution in [1.82, 2.24) is 0 Å².